The molecule has 0 saturated carbocycles. The van der Waals surface area contributed by atoms with Gasteiger partial charge in [0.05, 0.1) is 11.5 Å². The lowest BCUT2D eigenvalue weighted by atomic mass is 9.92. The van der Waals surface area contributed by atoms with Gasteiger partial charge in [0.1, 0.15) is 11.6 Å². The largest absolute Gasteiger partial charge is 0.326 e. The van der Waals surface area contributed by atoms with E-state index in [1.54, 1.807) is 18.2 Å². The van der Waals surface area contributed by atoms with E-state index in [9.17, 15) is 18.8 Å². The number of hydrogen-bond donors (Lipinski definition) is 4. The zero-order valence-electron chi connectivity index (χ0n) is 16.0. The molecular formula is C21H18FN5O3. The first-order chi connectivity index (χ1) is 14.4. The highest BCUT2D eigenvalue weighted by Gasteiger charge is 2.34. The van der Waals surface area contributed by atoms with Crippen LogP contribution in [-0.2, 0) is 9.59 Å². The summed E-state index contributed by atoms with van der Waals surface area (Å²) < 4.78 is 13.1. The third-order valence-corrected chi connectivity index (χ3v) is 4.66. The fourth-order valence-electron chi connectivity index (χ4n) is 3.28. The van der Waals surface area contributed by atoms with Gasteiger partial charge in [-0.25, -0.2) is 4.39 Å². The second kappa shape index (κ2) is 7.78. The van der Waals surface area contributed by atoms with E-state index in [2.05, 4.69) is 25.9 Å². The highest BCUT2D eigenvalue weighted by molar-refractivity contribution is 6.04. The Hall–Kier alpha value is -4.01. The number of aromatic nitrogens is 2. The van der Waals surface area contributed by atoms with Crippen LogP contribution < -0.4 is 21.5 Å². The lowest BCUT2D eigenvalue weighted by Crippen LogP contribution is -2.36. The molecule has 1 atom stereocenters. The van der Waals surface area contributed by atoms with Gasteiger partial charge in [-0.15, -0.1) is 0 Å². The van der Waals surface area contributed by atoms with Gasteiger partial charge in [0, 0.05) is 17.8 Å². The molecule has 9 heteroatoms. The van der Waals surface area contributed by atoms with E-state index in [4.69, 9.17) is 0 Å². The van der Waals surface area contributed by atoms with Crippen molar-refractivity contribution < 1.29 is 14.0 Å². The summed E-state index contributed by atoms with van der Waals surface area (Å²) in [5.74, 6) is -2.19. The van der Waals surface area contributed by atoms with Gasteiger partial charge in [-0.1, -0.05) is 12.1 Å². The highest BCUT2D eigenvalue weighted by atomic mass is 19.1. The third kappa shape index (κ3) is 4.04. The molecule has 1 aromatic heterocycles. The molecule has 0 radical (unpaired) electrons. The minimum atomic E-state index is -0.981. The van der Waals surface area contributed by atoms with Crippen molar-refractivity contribution in [1.29, 1.82) is 0 Å². The first kappa shape index (κ1) is 19.3. The van der Waals surface area contributed by atoms with Crippen LogP contribution in [-0.4, -0.2) is 21.8 Å². The van der Waals surface area contributed by atoms with Crippen LogP contribution >= 0.6 is 0 Å². The molecular weight excluding hydrogens is 389 g/mol. The number of H-pyrrole nitrogens is 1. The Balaban J connectivity index is 1.63. The van der Waals surface area contributed by atoms with Crippen molar-refractivity contribution in [3.05, 3.63) is 75.8 Å². The van der Waals surface area contributed by atoms with E-state index >= 15 is 0 Å². The van der Waals surface area contributed by atoms with E-state index in [0.717, 1.165) is 5.56 Å². The van der Waals surface area contributed by atoms with Gasteiger partial charge in [-0.05, 0) is 48.9 Å². The Bertz CT molecular complexity index is 1190. The molecule has 0 aliphatic carbocycles. The molecule has 0 saturated heterocycles. The Morgan fingerprint density at radius 2 is 1.90 bits per heavy atom. The molecule has 30 heavy (non-hydrogen) atoms. The second-order valence-electron chi connectivity index (χ2n) is 6.97. The van der Waals surface area contributed by atoms with Crippen molar-refractivity contribution in [3.8, 4) is 0 Å². The summed E-state index contributed by atoms with van der Waals surface area (Å²) in [6.45, 7) is 1.89. The molecule has 4 rings (SSSR count). The molecule has 0 fully saturated rings. The van der Waals surface area contributed by atoms with Gasteiger partial charge in [0.2, 0.25) is 17.8 Å². The summed E-state index contributed by atoms with van der Waals surface area (Å²) in [6.07, 6.45) is -0.167. The normalized spacial score (nSPS) is 15.1. The molecule has 0 bridgehead atoms. The van der Waals surface area contributed by atoms with Crippen LogP contribution in [0.1, 0.15) is 23.5 Å². The number of aromatic amines is 1. The summed E-state index contributed by atoms with van der Waals surface area (Å²) in [4.78, 5) is 44.5. The molecule has 1 aliphatic rings. The molecule has 152 valence electrons. The lowest BCUT2D eigenvalue weighted by molar-refractivity contribution is -0.123. The molecule has 1 unspecified atom stereocenters. The van der Waals surface area contributed by atoms with Crippen LogP contribution in [0.5, 0.6) is 0 Å². The topological polar surface area (TPSA) is 116 Å². The molecule has 2 heterocycles. The predicted octanol–water partition coefficient (Wildman–Crippen LogP) is 3.03. The number of aryl methyl sites for hydroxylation is 1. The maximum atomic E-state index is 13.1. The minimum Gasteiger partial charge on any atom is -0.326 e. The Labute approximate surface area is 170 Å². The average Bonchev–Trinajstić information content (AvgIpc) is 2.69. The molecule has 1 aliphatic heterocycles. The zero-order valence-corrected chi connectivity index (χ0v) is 16.0. The zero-order chi connectivity index (χ0) is 21.3. The van der Waals surface area contributed by atoms with Crippen LogP contribution in [0.3, 0.4) is 0 Å². The number of nitrogens with zero attached hydrogens (tertiary/aromatic N) is 1. The number of benzene rings is 2. The molecule has 2 aromatic carbocycles. The Morgan fingerprint density at radius 1 is 1.13 bits per heavy atom. The van der Waals surface area contributed by atoms with Gasteiger partial charge in [0.25, 0.3) is 5.56 Å². The number of halogens is 1. The average molecular weight is 407 g/mol. The standard InChI is InChI=1S/C21H18FN5O3/c1-11-3-2-4-14(9-11)23-19(29)15-10-16(28)25-18-17(15)20(30)27-21(26-18)24-13-7-5-12(22)6-8-13/h2-9,15H,10H2,1H3,(H,23,29)(H3,24,25,26,27,28,30). The third-order valence-electron chi connectivity index (χ3n) is 4.66. The first-order valence-electron chi connectivity index (χ1n) is 9.23. The van der Waals surface area contributed by atoms with Crippen LogP contribution in [0.2, 0.25) is 0 Å². The van der Waals surface area contributed by atoms with Crippen LogP contribution in [0.15, 0.2) is 53.3 Å². The van der Waals surface area contributed by atoms with Crippen molar-refractivity contribution >= 4 is 35.0 Å². The Kier molecular flexibility index (Phi) is 5.01. The number of fused-ring (bicyclic) bond motifs is 1. The van der Waals surface area contributed by atoms with Crippen molar-refractivity contribution in [3.63, 3.8) is 0 Å². The van der Waals surface area contributed by atoms with E-state index in [1.807, 2.05) is 13.0 Å². The van der Waals surface area contributed by atoms with E-state index in [0.29, 0.717) is 11.4 Å². The summed E-state index contributed by atoms with van der Waals surface area (Å²) >= 11 is 0. The number of carbonyl (C=O) groups excluding carboxylic acids is 2. The van der Waals surface area contributed by atoms with Gasteiger partial charge >= 0.3 is 0 Å². The smallest absolute Gasteiger partial charge is 0.258 e. The minimum absolute atomic E-state index is 0.0176. The molecule has 2 amide bonds. The van der Waals surface area contributed by atoms with Crippen molar-refractivity contribution in [2.24, 2.45) is 0 Å². The van der Waals surface area contributed by atoms with Crippen LogP contribution in [0.4, 0.5) is 27.5 Å². The Morgan fingerprint density at radius 3 is 2.63 bits per heavy atom. The number of amides is 2. The maximum Gasteiger partial charge on any atom is 0.258 e. The predicted molar refractivity (Wildman–Crippen MR) is 110 cm³/mol. The summed E-state index contributed by atoms with van der Waals surface area (Å²) in [7, 11) is 0. The van der Waals surface area contributed by atoms with Gasteiger partial charge in [0.15, 0.2) is 0 Å². The molecule has 4 N–H and O–H groups in total. The SMILES string of the molecule is Cc1cccc(NC(=O)C2CC(=O)Nc3nc(Nc4ccc(F)cc4)[nH]c(=O)c32)c1. The second-order valence-corrected chi connectivity index (χ2v) is 6.97. The monoisotopic (exact) mass is 407 g/mol. The molecule has 0 spiro atoms. The number of anilines is 4. The fraction of sp³-hybridized carbons (Fsp3) is 0.143. The van der Waals surface area contributed by atoms with Crippen LogP contribution in [0.25, 0.3) is 0 Å². The van der Waals surface area contributed by atoms with Crippen molar-refractivity contribution in [2.75, 3.05) is 16.0 Å². The van der Waals surface area contributed by atoms with E-state index < -0.39 is 29.1 Å². The quantitative estimate of drug-likeness (QED) is 0.531. The first-order valence-corrected chi connectivity index (χ1v) is 9.23. The van der Waals surface area contributed by atoms with E-state index in [1.165, 1.54) is 24.3 Å². The molecule has 8 nitrogen and oxygen atoms in total. The number of carbonyl (C=O) groups is 2. The summed E-state index contributed by atoms with van der Waals surface area (Å²) in [5.41, 5.74) is 1.57. The maximum absolute atomic E-state index is 13.1. The van der Waals surface area contributed by atoms with Crippen molar-refractivity contribution in [1.82, 2.24) is 9.97 Å². The van der Waals surface area contributed by atoms with Gasteiger partial charge in [-0.3, -0.25) is 19.4 Å². The summed E-state index contributed by atoms with van der Waals surface area (Å²) in [5, 5.41) is 8.14. The van der Waals surface area contributed by atoms with Crippen molar-refractivity contribution in [2.45, 2.75) is 19.3 Å². The van der Waals surface area contributed by atoms with Gasteiger partial charge < -0.3 is 16.0 Å². The highest BCUT2D eigenvalue weighted by Crippen LogP contribution is 2.30. The number of nitrogens with one attached hydrogen (secondary N) is 4. The van der Waals surface area contributed by atoms with E-state index in [-0.39, 0.29) is 23.8 Å². The lowest BCUT2D eigenvalue weighted by Gasteiger charge is -2.23. The number of hydrogen-bond acceptors (Lipinski definition) is 5. The van der Waals surface area contributed by atoms with Crippen LogP contribution in [0, 0.1) is 12.7 Å². The van der Waals surface area contributed by atoms with Gasteiger partial charge in [-0.2, -0.15) is 4.98 Å². The number of rotatable bonds is 4. The molecule has 3 aromatic rings. The fourth-order valence-corrected chi connectivity index (χ4v) is 3.28. The summed E-state index contributed by atoms with van der Waals surface area (Å²) in [6, 6.07) is 12.7.